The summed E-state index contributed by atoms with van der Waals surface area (Å²) < 4.78 is 6.03. The number of hydrogen-bond donors (Lipinski definition) is 4. The van der Waals surface area contributed by atoms with Crippen LogP contribution in [0.15, 0.2) is 91.0 Å². The summed E-state index contributed by atoms with van der Waals surface area (Å²) in [6, 6.07) is 21.8. The van der Waals surface area contributed by atoms with Crippen LogP contribution in [0.4, 0.5) is 10.5 Å². The molecule has 8 rings (SSSR count). The van der Waals surface area contributed by atoms with Gasteiger partial charge in [0.25, 0.3) is 17.7 Å². The van der Waals surface area contributed by atoms with Gasteiger partial charge in [-0.3, -0.25) is 49.1 Å². The van der Waals surface area contributed by atoms with Crippen LogP contribution in [0.25, 0.3) is 21.7 Å². The Balaban J connectivity index is 0.865. The number of carbonyl (C=O) groups excluding carboxylic acids is 9. The molecule has 4 atom stereocenters. The van der Waals surface area contributed by atoms with Gasteiger partial charge in [0, 0.05) is 123 Å². The Kier molecular flexibility index (Phi) is 18.6. The highest BCUT2D eigenvalue weighted by Gasteiger charge is 2.37. The van der Waals surface area contributed by atoms with Crippen LogP contribution < -0.4 is 26.1 Å². The highest BCUT2D eigenvalue weighted by Crippen LogP contribution is 2.46. The number of nitrogens with one attached hydrogen (secondary N) is 3. The van der Waals surface area contributed by atoms with Crippen LogP contribution in [-0.2, 0) is 41.6 Å². The lowest BCUT2D eigenvalue weighted by molar-refractivity contribution is -0.137. The summed E-state index contributed by atoms with van der Waals surface area (Å²) in [6.07, 6.45) is 2.73. The topological polar surface area (TPSA) is 242 Å². The normalized spacial score (nSPS) is 16.7. The molecule has 79 heavy (non-hydrogen) atoms. The number of nitrogens with zero attached hydrogens (tertiary/aromatic N) is 4. The number of H-pyrrole nitrogens is 1. The van der Waals surface area contributed by atoms with Crippen molar-refractivity contribution >= 4 is 91.9 Å². The quantitative estimate of drug-likeness (QED) is 0.0220. The van der Waals surface area contributed by atoms with Gasteiger partial charge in [-0.25, -0.2) is 9.80 Å². The number of ketones is 3. The number of halogens is 1. The van der Waals surface area contributed by atoms with E-state index in [1.54, 1.807) is 58.1 Å². The first-order valence-corrected chi connectivity index (χ1v) is 27.6. The third kappa shape index (κ3) is 14.0. The smallest absolute Gasteiger partial charge is 0.409 e. The van der Waals surface area contributed by atoms with Gasteiger partial charge in [0.2, 0.25) is 11.8 Å². The molecule has 3 aliphatic heterocycles. The van der Waals surface area contributed by atoms with E-state index in [1.165, 1.54) is 12.2 Å². The number of aromatic nitrogens is 1. The minimum atomic E-state index is -0.842. The Labute approximate surface area is 464 Å². The highest BCUT2D eigenvalue weighted by molar-refractivity contribution is 6.19. The minimum Gasteiger partial charge on any atom is -0.409 e. The molecule has 0 spiro atoms. The Bertz CT molecular complexity index is 3180. The first-order chi connectivity index (χ1) is 37.8. The van der Waals surface area contributed by atoms with Crippen LogP contribution >= 0.6 is 11.6 Å². The molecular weight excluding hydrogens is 1030 g/mol. The molecule has 19 heteroatoms. The summed E-state index contributed by atoms with van der Waals surface area (Å²) >= 11 is 6.56. The zero-order chi connectivity index (χ0) is 56.7. The third-order valence-electron chi connectivity index (χ3n) is 14.7. The van der Waals surface area contributed by atoms with Crippen LogP contribution in [0.1, 0.15) is 110 Å². The fourth-order valence-corrected chi connectivity index (χ4v) is 10.8. The fraction of sp³-hybridized carbons (Fsp3) is 0.417. The van der Waals surface area contributed by atoms with E-state index in [9.17, 15) is 43.2 Å². The molecule has 6 amide bonds. The lowest BCUT2D eigenvalue weighted by atomic mass is 9.92. The number of ether oxygens (including phenoxy) is 1. The number of carbonyl (C=O) groups is 9. The number of piperazine rings is 1. The van der Waals surface area contributed by atoms with E-state index < -0.39 is 47.7 Å². The molecule has 4 aromatic carbocycles. The summed E-state index contributed by atoms with van der Waals surface area (Å²) in [5.41, 5.74) is 4.40. The van der Waals surface area contributed by atoms with Crippen molar-refractivity contribution in [2.45, 2.75) is 97.6 Å². The van der Waals surface area contributed by atoms with Gasteiger partial charge < -0.3 is 30.2 Å². The molecule has 1 fully saturated rings. The number of amides is 6. The summed E-state index contributed by atoms with van der Waals surface area (Å²) in [5.74, 6) is 2.95. The number of fused-ring (bicyclic) bond motifs is 4. The van der Waals surface area contributed by atoms with Crippen molar-refractivity contribution in [2.24, 2.45) is 23.6 Å². The summed E-state index contributed by atoms with van der Waals surface area (Å²) in [7, 11) is 0. The Morgan fingerprint density at radius 2 is 1.41 bits per heavy atom. The largest absolute Gasteiger partial charge is 0.415 e. The van der Waals surface area contributed by atoms with Gasteiger partial charge in [0.05, 0.1) is 17.8 Å². The van der Waals surface area contributed by atoms with Gasteiger partial charge in [-0.15, -0.1) is 11.6 Å². The van der Waals surface area contributed by atoms with E-state index in [4.69, 9.17) is 22.2 Å². The van der Waals surface area contributed by atoms with Crippen LogP contribution in [0.5, 0.6) is 5.75 Å². The number of imide groups is 1. The van der Waals surface area contributed by atoms with Gasteiger partial charge in [0.15, 0.2) is 17.3 Å². The standard InChI is InChI=1S/C60H69ClN8O10/c1-35(2)25-46(64-54(73)11-8-20-68-55(74)18-19-56(68)75)51(71)27-37(5)58(76)65-47(26-36(3)4)52(72)29-38-12-15-40(16-13-38)50(70)30-39-14-17-45-41(28-39)31-48(63-45)59(77)69-34-42(33-61)57-44-10-7-6-9-43(44)53(32-49(57)69)79-60(78)66-21-23-67(62)24-22-66/h6-7,9-10,12-19,28,31-32,35-37,42,46-47,63H,8,11,20-27,29-30,33-34,62H2,1-5H3,(H,64,73)(H,65,76)/t37-,42-,46+,47+/m1/s1. The molecule has 3 aliphatic rings. The molecule has 416 valence electrons. The lowest BCUT2D eigenvalue weighted by Gasteiger charge is -2.31. The van der Waals surface area contributed by atoms with Crippen molar-refractivity contribution < 1.29 is 47.9 Å². The first kappa shape index (κ1) is 57.6. The number of aromatic amines is 1. The van der Waals surface area contributed by atoms with E-state index in [2.05, 4.69) is 15.6 Å². The number of alkyl halides is 1. The second kappa shape index (κ2) is 25.5. The number of benzene rings is 4. The molecule has 0 radical (unpaired) electrons. The van der Waals surface area contributed by atoms with Crippen molar-refractivity contribution in [3.05, 3.63) is 119 Å². The van der Waals surface area contributed by atoms with Crippen molar-refractivity contribution in [1.82, 2.24) is 30.4 Å². The zero-order valence-corrected chi connectivity index (χ0v) is 46.1. The lowest BCUT2D eigenvalue weighted by Crippen LogP contribution is -2.51. The van der Waals surface area contributed by atoms with Crippen molar-refractivity contribution in [2.75, 3.05) is 50.0 Å². The zero-order valence-electron chi connectivity index (χ0n) is 45.4. The number of anilines is 1. The second-order valence-corrected chi connectivity index (χ2v) is 22.1. The van der Waals surface area contributed by atoms with Gasteiger partial charge in [-0.2, -0.15) is 0 Å². The maximum atomic E-state index is 14.4. The first-order valence-electron chi connectivity index (χ1n) is 27.1. The monoisotopic (exact) mass is 1100 g/mol. The maximum absolute atomic E-state index is 14.4. The van der Waals surface area contributed by atoms with Crippen molar-refractivity contribution in [3.63, 3.8) is 0 Å². The SMILES string of the molecule is CC(C)C[C@H](NC(=O)CCCN1C(=O)C=CC1=O)C(=O)C[C@@H](C)C(=O)N[C@@H](CC(C)C)C(=O)Cc1ccc(C(=O)Cc2ccc3[nH]c(C(=O)N4C[C@@H](CCl)c5c4cc(OC(=O)N4CCN(N)CC4)c4ccccc54)cc3c2)cc1. The molecule has 0 aliphatic carbocycles. The summed E-state index contributed by atoms with van der Waals surface area (Å²) in [6.45, 7) is 11.6. The number of hydrogen-bond acceptors (Lipinski definition) is 12. The van der Waals surface area contributed by atoms with E-state index in [0.717, 1.165) is 32.2 Å². The highest BCUT2D eigenvalue weighted by atomic mass is 35.5. The van der Waals surface area contributed by atoms with Crippen LogP contribution in [0.3, 0.4) is 0 Å². The van der Waals surface area contributed by atoms with E-state index in [-0.39, 0.29) is 85.5 Å². The van der Waals surface area contributed by atoms with Crippen LogP contribution in [0, 0.1) is 17.8 Å². The molecule has 0 bridgehead atoms. The average molecular weight is 1100 g/mol. The number of rotatable bonds is 23. The minimum absolute atomic E-state index is 0.00139. The summed E-state index contributed by atoms with van der Waals surface area (Å²) in [4.78, 5) is 127. The molecule has 4 heterocycles. The van der Waals surface area contributed by atoms with Crippen molar-refractivity contribution in [1.29, 1.82) is 0 Å². The van der Waals surface area contributed by atoms with Crippen LogP contribution in [0.2, 0.25) is 0 Å². The van der Waals surface area contributed by atoms with E-state index >= 15 is 0 Å². The number of nitrogens with two attached hydrogens (primary N) is 1. The van der Waals surface area contributed by atoms with E-state index in [1.807, 2.05) is 70.2 Å². The molecule has 18 nitrogen and oxygen atoms in total. The summed E-state index contributed by atoms with van der Waals surface area (Å²) in [5, 5.41) is 9.66. The van der Waals surface area contributed by atoms with Gasteiger partial charge in [0.1, 0.15) is 11.4 Å². The molecule has 0 saturated carbocycles. The Morgan fingerprint density at radius 1 is 0.759 bits per heavy atom. The maximum Gasteiger partial charge on any atom is 0.415 e. The third-order valence-corrected chi connectivity index (χ3v) is 15.1. The Morgan fingerprint density at radius 3 is 2.06 bits per heavy atom. The average Bonchev–Trinajstić information content (AvgIpc) is 4.35. The fourth-order valence-electron chi connectivity index (χ4n) is 10.5. The second-order valence-electron chi connectivity index (χ2n) is 21.8. The number of Topliss-reactive ketones (excluding diaryl/α,β-unsaturated/α-hetero) is 3. The predicted octanol–water partition coefficient (Wildman–Crippen LogP) is 7.19. The predicted molar refractivity (Wildman–Crippen MR) is 301 cm³/mol. The van der Waals surface area contributed by atoms with Crippen molar-refractivity contribution in [3.8, 4) is 5.75 Å². The number of hydrazine groups is 1. The van der Waals surface area contributed by atoms with Gasteiger partial charge in [-0.05, 0) is 71.4 Å². The molecule has 0 unspecified atom stereocenters. The molecule has 5 aromatic rings. The van der Waals surface area contributed by atoms with E-state index in [0.29, 0.717) is 79.3 Å². The molecular formula is C60H69ClN8O10. The van der Waals surface area contributed by atoms with Crippen LogP contribution in [-0.4, -0.2) is 130 Å². The van der Waals surface area contributed by atoms with Gasteiger partial charge in [-0.1, -0.05) is 89.2 Å². The molecule has 1 aromatic heterocycles. The molecule has 5 N–H and O–H groups in total. The Hall–Kier alpha value is -7.54. The van der Waals surface area contributed by atoms with Gasteiger partial charge >= 0.3 is 6.09 Å². The molecule has 1 saturated heterocycles.